The van der Waals surface area contributed by atoms with E-state index in [1.165, 1.54) is 0 Å². The monoisotopic (exact) mass is 317 g/mol. The molecule has 1 aromatic carbocycles. The van der Waals surface area contributed by atoms with Crippen molar-refractivity contribution < 1.29 is 9.00 Å². The van der Waals surface area contributed by atoms with Gasteiger partial charge in [0.05, 0.1) is 5.56 Å². The lowest BCUT2D eigenvalue weighted by Crippen LogP contribution is -2.18. The molecule has 5 nitrogen and oxygen atoms in total. The van der Waals surface area contributed by atoms with Crippen LogP contribution in [-0.2, 0) is 10.8 Å². The zero-order valence-corrected chi connectivity index (χ0v) is 13.6. The van der Waals surface area contributed by atoms with Crippen LogP contribution >= 0.6 is 0 Å². The van der Waals surface area contributed by atoms with Gasteiger partial charge in [0, 0.05) is 39.9 Å². The van der Waals surface area contributed by atoms with Crippen LogP contribution in [0.1, 0.15) is 24.2 Å². The van der Waals surface area contributed by atoms with Crippen molar-refractivity contribution in [2.45, 2.75) is 24.8 Å². The molecule has 0 aliphatic carbocycles. The minimum Gasteiger partial charge on any atom is -0.367 e. The van der Waals surface area contributed by atoms with Crippen molar-refractivity contribution >= 4 is 28.2 Å². The number of carbonyl (C=O) groups is 1. The summed E-state index contributed by atoms with van der Waals surface area (Å²) >= 11 is 0. The number of pyridine rings is 1. The lowest BCUT2D eigenvalue weighted by atomic mass is 10.2. The first-order valence-electron chi connectivity index (χ1n) is 6.94. The van der Waals surface area contributed by atoms with Gasteiger partial charge in [-0.25, -0.2) is 4.98 Å². The van der Waals surface area contributed by atoms with Crippen LogP contribution in [0, 0.1) is 0 Å². The van der Waals surface area contributed by atoms with Gasteiger partial charge >= 0.3 is 0 Å². The number of hydrogen-bond donors (Lipinski definition) is 2. The molecule has 0 unspecified atom stereocenters. The van der Waals surface area contributed by atoms with E-state index < -0.39 is 10.8 Å². The maximum absolute atomic E-state index is 12.4. The van der Waals surface area contributed by atoms with E-state index in [4.69, 9.17) is 0 Å². The highest BCUT2D eigenvalue weighted by Crippen LogP contribution is 2.17. The largest absolute Gasteiger partial charge is 0.367 e. The number of nitrogens with one attached hydrogen (secondary N) is 2. The third kappa shape index (κ3) is 4.14. The Morgan fingerprint density at radius 1 is 1.23 bits per heavy atom. The summed E-state index contributed by atoms with van der Waals surface area (Å²) in [7, 11) is -1.09. The molecule has 0 aliphatic heterocycles. The summed E-state index contributed by atoms with van der Waals surface area (Å²) in [4.78, 5) is 17.3. The first-order chi connectivity index (χ1) is 10.5. The molecule has 0 aliphatic rings. The molecule has 0 spiro atoms. The summed E-state index contributed by atoms with van der Waals surface area (Å²) in [5.41, 5.74) is 1.08. The van der Waals surface area contributed by atoms with Gasteiger partial charge in [-0.3, -0.25) is 9.00 Å². The Morgan fingerprint density at radius 2 is 2.00 bits per heavy atom. The van der Waals surface area contributed by atoms with Gasteiger partial charge in [0.2, 0.25) is 0 Å². The number of rotatable bonds is 5. The van der Waals surface area contributed by atoms with E-state index in [0.29, 0.717) is 22.0 Å². The second kappa shape index (κ2) is 7.17. The van der Waals surface area contributed by atoms with E-state index in [1.807, 2.05) is 13.8 Å². The average molecular weight is 317 g/mol. The molecular formula is C16H19N3O2S. The second-order valence-corrected chi connectivity index (χ2v) is 6.51. The summed E-state index contributed by atoms with van der Waals surface area (Å²) in [5, 5.41) is 5.96. The van der Waals surface area contributed by atoms with E-state index in [-0.39, 0.29) is 11.9 Å². The summed E-state index contributed by atoms with van der Waals surface area (Å²) in [6.45, 7) is 3.97. The normalized spacial score (nSPS) is 12.0. The first kappa shape index (κ1) is 16.2. The van der Waals surface area contributed by atoms with E-state index in [9.17, 15) is 9.00 Å². The molecule has 1 atom stereocenters. The highest BCUT2D eigenvalue weighted by atomic mass is 32.2. The van der Waals surface area contributed by atoms with Gasteiger partial charge in [0.25, 0.3) is 5.91 Å². The van der Waals surface area contributed by atoms with Crippen molar-refractivity contribution in [3.05, 3.63) is 48.2 Å². The zero-order chi connectivity index (χ0) is 16.1. The third-order valence-electron chi connectivity index (χ3n) is 2.90. The maximum atomic E-state index is 12.4. The number of carbonyl (C=O) groups excluding carboxylic acids is 1. The molecule has 1 aromatic heterocycles. The fourth-order valence-electron chi connectivity index (χ4n) is 1.93. The topological polar surface area (TPSA) is 71.1 Å². The van der Waals surface area contributed by atoms with Gasteiger partial charge < -0.3 is 10.6 Å². The first-order valence-corrected chi connectivity index (χ1v) is 8.49. The molecule has 1 amide bonds. The SMILES string of the molecule is CC(C)Nc1ncccc1C(=O)Nc1cccc([S@@](C)=O)c1. The average Bonchev–Trinajstić information content (AvgIpc) is 2.47. The fraction of sp³-hybridized carbons (Fsp3) is 0.250. The molecule has 0 radical (unpaired) electrons. The van der Waals surface area contributed by atoms with Crippen molar-refractivity contribution in [1.29, 1.82) is 0 Å². The van der Waals surface area contributed by atoms with Crippen molar-refractivity contribution in [2.75, 3.05) is 16.9 Å². The smallest absolute Gasteiger partial charge is 0.259 e. The summed E-state index contributed by atoms with van der Waals surface area (Å²) in [5.74, 6) is 0.292. The van der Waals surface area contributed by atoms with Crippen LogP contribution in [-0.4, -0.2) is 27.4 Å². The van der Waals surface area contributed by atoms with E-state index >= 15 is 0 Å². The highest BCUT2D eigenvalue weighted by molar-refractivity contribution is 7.84. The Kier molecular flexibility index (Phi) is 5.27. The Labute approximate surface area is 132 Å². The molecular weight excluding hydrogens is 298 g/mol. The summed E-state index contributed by atoms with van der Waals surface area (Å²) < 4.78 is 11.5. The number of aromatic nitrogens is 1. The second-order valence-electron chi connectivity index (χ2n) is 5.13. The van der Waals surface area contributed by atoms with Crippen LogP contribution in [0.4, 0.5) is 11.5 Å². The van der Waals surface area contributed by atoms with Crippen molar-refractivity contribution in [2.24, 2.45) is 0 Å². The predicted molar refractivity (Wildman–Crippen MR) is 89.7 cm³/mol. The van der Waals surface area contributed by atoms with Crippen LogP contribution < -0.4 is 10.6 Å². The van der Waals surface area contributed by atoms with Gasteiger partial charge in [0.1, 0.15) is 5.82 Å². The fourth-order valence-corrected chi connectivity index (χ4v) is 2.49. The Morgan fingerprint density at radius 3 is 2.68 bits per heavy atom. The van der Waals surface area contributed by atoms with Gasteiger partial charge in [0.15, 0.2) is 0 Å². The zero-order valence-electron chi connectivity index (χ0n) is 12.8. The number of hydrogen-bond acceptors (Lipinski definition) is 4. The Bertz CT molecular complexity index is 701. The minimum atomic E-state index is -1.09. The molecule has 6 heteroatoms. The van der Waals surface area contributed by atoms with Crippen LogP contribution in [0.3, 0.4) is 0 Å². The molecule has 0 saturated carbocycles. The minimum absolute atomic E-state index is 0.173. The van der Waals surface area contributed by atoms with Crippen LogP contribution in [0.5, 0.6) is 0 Å². The van der Waals surface area contributed by atoms with Crippen molar-refractivity contribution in [3.63, 3.8) is 0 Å². The molecule has 0 bridgehead atoms. The van der Waals surface area contributed by atoms with E-state index in [1.54, 1.807) is 48.9 Å². The van der Waals surface area contributed by atoms with Crippen LogP contribution in [0.25, 0.3) is 0 Å². The molecule has 2 rings (SSSR count). The number of anilines is 2. The standard InChI is InChI=1S/C16H19N3O2S/c1-11(2)18-15-14(8-5-9-17-15)16(20)19-12-6-4-7-13(10-12)22(3)21/h4-11H,1-3H3,(H,17,18)(H,19,20)/t22-/m1/s1. The molecule has 0 fully saturated rings. The quantitative estimate of drug-likeness (QED) is 0.889. The lowest BCUT2D eigenvalue weighted by Gasteiger charge is -2.13. The van der Waals surface area contributed by atoms with Gasteiger partial charge in [-0.05, 0) is 44.2 Å². The van der Waals surface area contributed by atoms with Crippen LogP contribution in [0.15, 0.2) is 47.5 Å². The number of nitrogens with zero attached hydrogens (tertiary/aromatic N) is 1. The molecule has 1 heterocycles. The van der Waals surface area contributed by atoms with Gasteiger partial charge in [-0.1, -0.05) is 6.07 Å². The number of amides is 1. The number of benzene rings is 1. The molecule has 0 saturated heterocycles. The molecule has 2 aromatic rings. The Balaban J connectivity index is 2.22. The van der Waals surface area contributed by atoms with Crippen molar-refractivity contribution in [1.82, 2.24) is 4.98 Å². The molecule has 22 heavy (non-hydrogen) atoms. The predicted octanol–water partition coefficient (Wildman–Crippen LogP) is 2.89. The highest BCUT2D eigenvalue weighted by Gasteiger charge is 2.13. The summed E-state index contributed by atoms with van der Waals surface area (Å²) in [6, 6.07) is 10.6. The van der Waals surface area contributed by atoms with Crippen LogP contribution in [0.2, 0.25) is 0 Å². The third-order valence-corrected chi connectivity index (χ3v) is 3.82. The van der Waals surface area contributed by atoms with E-state index in [2.05, 4.69) is 15.6 Å². The Hall–Kier alpha value is -2.21. The maximum Gasteiger partial charge on any atom is 0.259 e. The lowest BCUT2D eigenvalue weighted by molar-refractivity contribution is 0.102. The molecule has 2 N–H and O–H groups in total. The van der Waals surface area contributed by atoms with E-state index in [0.717, 1.165) is 0 Å². The van der Waals surface area contributed by atoms with Gasteiger partial charge in [-0.2, -0.15) is 0 Å². The molecule has 116 valence electrons. The summed E-state index contributed by atoms with van der Waals surface area (Å²) in [6.07, 6.45) is 3.25. The van der Waals surface area contributed by atoms with Crippen molar-refractivity contribution in [3.8, 4) is 0 Å². The van der Waals surface area contributed by atoms with Gasteiger partial charge in [-0.15, -0.1) is 0 Å².